The third-order valence-electron chi connectivity index (χ3n) is 4.20. The van der Waals surface area contributed by atoms with Gasteiger partial charge in [-0.3, -0.25) is 14.5 Å². The molecule has 3 rings (SSSR count). The SMILES string of the molecule is CC(Sc1ccc(Cl)cc1)C(=O)N1c2ccccc2NC(=O)C1(C)C. The molecule has 0 bridgehead atoms. The van der Waals surface area contributed by atoms with Gasteiger partial charge in [0, 0.05) is 9.92 Å². The monoisotopic (exact) mass is 374 g/mol. The van der Waals surface area contributed by atoms with Gasteiger partial charge in [-0.25, -0.2) is 0 Å². The first-order valence-electron chi connectivity index (χ1n) is 7.97. The van der Waals surface area contributed by atoms with Crippen LogP contribution in [0.25, 0.3) is 0 Å². The Hall–Kier alpha value is -1.98. The van der Waals surface area contributed by atoms with Gasteiger partial charge in [0.15, 0.2) is 0 Å². The van der Waals surface area contributed by atoms with Gasteiger partial charge in [0.2, 0.25) is 11.8 Å². The Balaban J connectivity index is 1.91. The summed E-state index contributed by atoms with van der Waals surface area (Å²) in [5.41, 5.74) is 0.421. The summed E-state index contributed by atoms with van der Waals surface area (Å²) in [5.74, 6) is -0.296. The molecular weight excluding hydrogens is 356 g/mol. The topological polar surface area (TPSA) is 49.4 Å². The largest absolute Gasteiger partial charge is 0.322 e. The summed E-state index contributed by atoms with van der Waals surface area (Å²) in [6.07, 6.45) is 0. The van der Waals surface area contributed by atoms with Gasteiger partial charge in [0.05, 0.1) is 16.6 Å². The third kappa shape index (κ3) is 3.39. The van der Waals surface area contributed by atoms with Crippen LogP contribution in [0.4, 0.5) is 11.4 Å². The van der Waals surface area contributed by atoms with Crippen LogP contribution in [-0.4, -0.2) is 22.6 Å². The second kappa shape index (κ2) is 6.73. The second-order valence-electron chi connectivity index (χ2n) is 6.42. The quantitative estimate of drug-likeness (QED) is 0.799. The number of nitrogens with zero attached hydrogens (tertiary/aromatic N) is 1. The highest BCUT2D eigenvalue weighted by Gasteiger charge is 2.44. The summed E-state index contributed by atoms with van der Waals surface area (Å²) in [6.45, 7) is 5.37. The number of rotatable bonds is 3. The minimum absolute atomic E-state index is 0.104. The first-order valence-corrected chi connectivity index (χ1v) is 9.23. The maximum Gasteiger partial charge on any atom is 0.250 e. The Labute approximate surface area is 156 Å². The van der Waals surface area contributed by atoms with E-state index in [4.69, 9.17) is 11.6 Å². The molecule has 1 heterocycles. The molecule has 1 aliphatic heterocycles. The van der Waals surface area contributed by atoms with Gasteiger partial charge in [0.1, 0.15) is 5.54 Å². The predicted octanol–water partition coefficient (Wildman–Crippen LogP) is 4.58. The number of halogens is 1. The van der Waals surface area contributed by atoms with E-state index in [0.29, 0.717) is 10.7 Å². The van der Waals surface area contributed by atoms with Crippen molar-refractivity contribution in [3.63, 3.8) is 0 Å². The molecule has 0 aliphatic carbocycles. The van der Waals surface area contributed by atoms with Crippen LogP contribution in [0.15, 0.2) is 53.4 Å². The molecular formula is C19H19ClN2O2S. The number of hydrogen-bond donors (Lipinski definition) is 1. The van der Waals surface area contributed by atoms with E-state index in [1.54, 1.807) is 36.9 Å². The lowest BCUT2D eigenvalue weighted by Gasteiger charge is -2.43. The van der Waals surface area contributed by atoms with Crippen molar-refractivity contribution in [2.75, 3.05) is 10.2 Å². The van der Waals surface area contributed by atoms with Gasteiger partial charge in [-0.1, -0.05) is 23.7 Å². The molecule has 0 aromatic heterocycles. The average molecular weight is 375 g/mol. The molecule has 0 saturated heterocycles. The maximum atomic E-state index is 13.2. The Morgan fingerprint density at radius 2 is 1.80 bits per heavy atom. The second-order valence-corrected chi connectivity index (χ2v) is 8.27. The van der Waals surface area contributed by atoms with Gasteiger partial charge >= 0.3 is 0 Å². The van der Waals surface area contributed by atoms with Crippen molar-refractivity contribution in [1.82, 2.24) is 0 Å². The van der Waals surface area contributed by atoms with Crippen molar-refractivity contribution in [3.8, 4) is 0 Å². The number of nitrogens with one attached hydrogen (secondary N) is 1. The number of hydrogen-bond acceptors (Lipinski definition) is 3. The molecule has 0 saturated carbocycles. The van der Waals surface area contributed by atoms with Crippen LogP contribution in [0.1, 0.15) is 20.8 Å². The first-order chi connectivity index (χ1) is 11.8. The molecule has 2 aromatic rings. The summed E-state index contributed by atoms with van der Waals surface area (Å²) in [6, 6.07) is 14.7. The van der Waals surface area contributed by atoms with E-state index in [2.05, 4.69) is 5.32 Å². The molecule has 130 valence electrons. The summed E-state index contributed by atoms with van der Waals surface area (Å²) in [5, 5.41) is 3.19. The lowest BCUT2D eigenvalue weighted by Crippen LogP contribution is -2.60. The van der Waals surface area contributed by atoms with E-state index in [-0.39, 0.29) is 17.1 Å². The minimum atomic E-state index is -0.958. The van der Waals surface area contributed by atoms with Gasteiger partial charge in [0.25, 0.3) is 0 Å². The molecule has 0 radical (unpaired) electrons. The normalized spacial score (nSPS) is 16.8. The highest BCUT2D eigenvalue weighted by Crippen LogP contribution is 2.38. The van der Waals surface area contributed by atoms with Crippen LogP contribution >= 0.6 is 23.4 Å². The highest BCUT2D eigenvalue weighted by molar-refractivity contribution is 8.00. The molecule has 0 fully saturated rings. The Morgan fingerprint density at radius 3 is 2.48 bits per heavy atom. The Morgan fingerprint density at radius 1 is 1.16 bits per heavy atom. The predicted molar refractivity (Wildman–Crippen MR) is 103 cm³/mol. The van der Waals surface area contributed by atoms with E-state index in [9.17, 15) is 9.59 Å². The van der Waals surface area contributed by atoms with Crippen LogP contribution in [0.2, 0.25) is 5.02 Å². The highest BCUT2D eigenvalue weighted by atomic mass is 35.5. The molecule has 1 atom stereocenters. The number of thioether (sulfide) groups is 1. The van der Waals surface area contributed by atoms with Crippen LogP contribution < -0.4 is 10.2 Å². The molecule has 1 unspecified atom stereocenters. The Bertz CT molecular complexity index is 820. The van der Waals surface area contributed by atoms with Crippen molar-refractivity contribution >= 4 is 46.6 Å². The van der Waals surface area contributed by atoms with Crippen LogP contribution in [0.3, 0.4) is 0 Å². The van der Waals surface area contributed by atoms with Crippen LogP contribution in [-0.2, 0) is 9.59 Å². The van der Waals surface area contributed by atoms with Gasteiger partial charge < -0.3 is 5.32 Å². The molecule has 1 aliphatic rings. The van der Waals surface area contributed by atoms with Crippen molar-refractivity contribution < 1.29 is 9.59 Å². The lowest BCUT2D eigenvalue weighted by molar-refractivity contribution is -0.126. The molecule has 1 N–H and O–H groups in total. The van der Waals surface area contributed by atoms with Crippen molar-refractivity contribution in [3.05, 3.63) is 53.6 Å². The van der Waals surface area contributed by atoms with E-state index < -0.39 is 5.54 Å². The molecule has 2 aromatic carbocycles. The number of anilines is 2. The van der Waals surface area contributed by atoms with E-state index in [0.717, 1.165) is 10.6 Å². The fourth-order valence-corrected chi connectivity index (χ4v) is 3.83. The number of benzene rings is 2. The fraction of sp³-hybridized carbons (Fsp3) is 0.263. The average Bonchev–Trinajstić information content (AvgIpc) is 2.57. The van der Waals surface area contributed by atoms with Crippen molar-refractivity contribution in [2.45, 2.75) is 36.5 Å². The molecule has 4 nitrogen and oxygen atoms in total. The number of amides is 2. The molecule has 0 spiro atoms. The third-order valence-corrected chi connectivity index (χ3v) is 5.55. The van der Waals surface area contributed by atoms with Crippen molar-refractivity contribution in [1.29, 1.82) is 0 Å². The van der Waals surface area contributed by atoms with E-state index in [1.165, 1.54) is 11.8 Å². The standard InChI is InChI=1S/C19H19ClN2O2S/c1-12(25-14-10-8-13(20)9-11-14)17(23)22-16-7-5-4-6-15(16)21-18(24)19(22,2)3/h4-12H,1-3H3,(H,21,24). The first kappa shape index (κ1) is 17.8. The summed E-state index contributed by atoms with van der Waals surface area (Å²) in [7, 11) is 0. The van der Waals surface area contributed by atoms with Gasteiger partial charge in [-0.15, -0.1) is 11.8 Å². The maximum absolute atomic E-state index is 13.2. The molecule has 6 heteroatoms. The van der Waals surface area contributed by atoms with E-state index in [1.807, 2.05) is 37.3 Å². The van der Waals surface area contributed by atoms with Crippen LogP contribution in [0.5, 0.6) is 0 Å². The number of carbonyl (C=O) groups excluding carboxylic acids is 2. The lowest BCUT2D eigenvalue weighted by atomic mass is 9.96. The van der Waals surface area contributed by atoms with Gasteiger partial charge in [-0.2, -0.15) is 0 Å². The van der Waals surface area contributed by atoms with Crippen molar-refractivity contribution in [2.24, 2.45) is 0 Å². The molecule has 2 amide bonds. The smallest absolute Gasteiger partial charge is 0.250 e. The fourth-order valence-electron chi connectivity index (χ4n) is 2.80. The number of fused-ring (bicyclic) bond motifs is 1. The Kier molecular flexibility index (Phi) is 4.80. The zero-order valence-corrected chi connectivity index (χ0v) is 15.8. The number of carbonyl (C=O) groups is 2. The van der Waals surface area contributed by atoms with Crippen LogP contribution in [0, 0.1) is 0 Å². The zero-order valence-electron chi connectivity index (χ0n) is 14.2. The van der Waals surface area contributed by atoms with E-state index >= 15 is 0 Å². The minimum Gasteiger partial charge on any atom is -0.322 e. The van der Waals surface area contributed by atoms with Gasteiger partial charge in [-0.05, 0) is 57.2 Å². The zero-order chi connectivity index (χ0) is 18.2. The summed E-state index contributed by atoms with van der Waals surface area (Å²) >= 11 is 7.36. The summed E-state index contributed by atoms with van der Waals surface area (Å²) in [4.78, 5) is 28.2. The summed E-state index contributed by atoms with van der Waals surface area (Å²) < 4.78 is 0. The molecule has 25 heavy (non-hydrogen) atoms. The number of para-hydroxylation sites is 2.